The monoisotopic (exact) mass is 380 g/mol. The van der Waals surface area contributed by atoms with Crippen LogP contribution in [0.4, 0.5) is 0 Å². The van der Waals surface area contributed by atoms with Crippen molar-refractivity contribution in [2.75, 3.05) is 13.2 Å². The first-order chi connectivity index (χ1) is 13.4. The normalized spacial score (nSPS) is 22.9. The van der Waals surface area contributed by atoms with Crippen LogP contribution in [-0.4, -0.2) is 24.8 Å². The number of hydrogen-bond acceptors (Lipinski definition) is 1. The third kappa shape index (κ3) is 5.93. The lowest BCUT2D eigenvalue weighted by Gasteiger charge is -2.45. The van der Waals surface area contributed by atoms with Gasteiger partial charge in [-0.25, -0.2) is 0 Å². The predicted molar refractivity (Wildman–Crippen MR) is 118 cm³/mol. The lowest BCUT2D eigenvalue weighted by atomic mass is 9.68. The average molecular weight is 381 g/mol. The molecule has 0 spiro atoms. The fraction of sp³-hybridized carbons (Fsp3) is 0.538. The maximum Gasteiger partial charge on any atom is 0.103 e. The van der Waals surface area contributed by atoms with Crippen LogP contribution < -0.4 is 4.90 Å². The van der Waals surface area contributed by atoms with Gasteiger partial charge in [0.25, 0.3) is 0 Å². The van der Waals surface area contributed by atoms with Crippen molar-refractivity contribution < 1.29 is 9.64 Å². The van der Waals surface area contributed by atoms with Crippen LogP contribution in [0.3, 0.4) is 0 Å². The van der Waals surface area contributed by atoms with Gasteiger partial charge >= 0.3 is 0 Å². The Morgan fingerprint density at radius 2 is 1.54 bits per heavy atom. The second-order valence-corrected chi connectivity index (χ2v) is 9.67. The number of rotatable bonds is 8. The van der Waals surface area contributed by atoms with Gasteiger partial charge in [0.15, 0.2) is 0 Å². The SMILES string of the molecule is CC(C)[NH+](CC[C@]1(Cc2ccccc2)CCOC(C)(C)C1)Cc1ccccc1. The van der Waals surface area contributed by atoms with Crippen molar-refractivity contribution in [3.8, 4) is 0 Å². The Hall–Kier alpha value is -1.64. The summed E-state index contributed by atoms with van der Waals surface area (Å²) in [5, 5.41) is 0. The molecule has 1 aliphatic heterocycles. The van der Waals surface area contributed by atoms with Gasteiger partial charge in [0.05, 0.1) is 18.2 Å². The van der Waals surface area contributed by atoms with Gasteiger partial charge in [-0.2, -0.15) is 0 Å². The maximum absolute atomic E-state index is 6.10. The van der Waals surface area contributed by atoms with Gasteiger partial charge in [0, 0.05) is 18.6 Å². The molecule has 1 heterocycles. The van der Waals surface area contributed by atoms with E-state index >= 15 is 0 Å². The number of hydrogen-bond donors (Lipinski definition) is 1. The molecule has 2 atom stereocenters. The van der Waals surface area contributed by atoms with Crippen LogP contribution in [0.25, 0.3) is 0 Å². The first-order valence-electron chi connectivity index (χ1n) is 10.9. The molecule has 0 aromatic heterocycles. The molecule has 1 aliphatic rings. The molecule has 0 bridgehead atoms. The molecule has 1 fully saturated rings. The van der Waals surface area contributed by atoms with Crippen LogP contribution in [-0.2, 0) is 17.7 Å². The summed E-state index contributed by atoms with van der Waals surface area (Å²) >= 11 is 0. The fourth-order valence-corrected chi connectivity index (χ4v) is 4.93. The zero-order valence-electron chi connectivity index (χ0n) is 18.2. The summed E-state index contributed by atoms with van der Waals surface area (Å²) in [6, 6.07) is 22.6. The molecule has 0 aliphatic carbocycles. The maximum atomic E-state index is 6.10. The Morgan fingerprint density at radius 3 is 2.11 bits per heavy atom. The second kappa shape index (κ2) is 9.24. The Morgan fingerprint density at radius 1 is 0.929 bits per heavy atom. The Bertz CT molecular complexity index is 710. The zero-order chi connectivity index (χ0) is 20.0. The quantitative estimate of drug-likeness (QED) is 0.701. The van der Waals surface area contributed by atoms with Crippen LogP contribution in [0.5, 0.6) is 0 Å². The first kappa shape index (κ1) is 21.1. The molecule has 1 saturated heterocycles. The third-order valence-electron chi connectivity index (χ3n) is 6.41. The molecule has 28 heavy (non-hydrogen) atoms. The summed E-state index contributed by atoms with van der Waals surface area (Å²) in [6.07, 6.45) is 4.74. The molecule has 2 nitrogen and oxygen atoms in total. The number of benzene rings is 2. The summed E-state index contributed by atoms with van der Waals surface area (Å²) in [4.78, 5) is 1.68. The van der Waals surface area contributed by atoms with Gasteiger partial charge in [-0.1, -0.05) is 60.7 Å². The van der Waals surface area contributed by atoms with Gasteiger partial charge in [0.2, 0.25) is 0 Å². The molecule has 2 aromatic rings. The molecular formula is C26H38NO+. The van der Waals surface area contributed by atoms with Crippen molar-refractivity contribution in [2.45, 2.75) is 71.6 Å². The van der Waals surface area contributed by atoms with Crippen molar-refractivity contribution in [3.63, 3.8) is 0 Å². The fourth-order valence-electron chi connectivity index (χ4n) is 4.93. The molecule has 3 rings (SSSR count). The summed E-state index contributed by atoms with van der Waals surface area (Å²) < 4.78 is 6.10. The predicted octanol–water partition coefficient (Wildman–Crippen LogP) is 4.69. The molecule has 2 aromatic carbocycles. The lowest BCUT2D eigenvalue weighted by molar-refractivity contribution is -0.935. The second-order valence-electron chi connectivity index (χ2n) is 9.67. The van der Waals surface area contributed by atoms with E-state index in [1.807, 2.05) is 0 Å². The van der Waals surface area contributed by atoms with Gasteiger partial charge in [-0.15, -0.1) is 0 Å². The summed E-state index contributed by atoms with van der Waals surface area (Å²) in [5.41, 5.74) is 3.22. The van der Waals surface area contributed by atoms with Crippen LogP contribution in [0, 0.1) is 5.41 Å². The summed E-state index contributed by atoms with van der Waals surface area (Å²) in [5.74, 6) is 0. The van der Waals surface area contributed by atoms with Crippen molar-refractivity contribution in [1.82, 2.24) is 0 Å². The van der Waals surface area contributed by atoms with Gasteiger partial charge in [0.1, 0.15) is 6.54 Å². The zero-order valence-corrected chi connectivity index (χ0v) is 18.2. The first-order valence-corrected chi connectivity index (χ1v) is 10.9. The number of quaternary nitrogens is 1. The van der Waals surface area contributed by atoms with E-state index < -0.39 is 0 Å². The highest BCUT2D eigenvalue weighted by atomic mass is 16.5. The molecule has 1 N–H and O–H groups in total. The van der Waals surface area contributed by atoms with Crippen molar-refractivity contribution in [1.29, 1.82) is 0 Å². The molecule has 0 saturated carbocycles. The van der Waals surface area contributed by atoms with E-state index in [1.165, 1.54) is 30.5 Å². The van der Waals surface area contributed by atoms with E-state index in [1.54, 1.807) is 4.90 Å². The van der Waals surface area contributed by atoms with Crippen molar-refractivity contribution in [2.24, 2.45) is 5.41 Å². The van der Waals surface area contributed by atoms with E-state index in [0.29, 0.717) is 11.5 Å². The molecule has 0 amide bonds. The van der Waals surface area contributed by atoms with Gasteiger partial charge in [-0.05, 0) is 57.9 Å². The standard InChI is InChI=1S/C26H37NO/c1-22(2)27(20-24-13-9-6-10-14-24)17-15-26(16-18-28-25(3,4)21-26)19-23-11-7-5-8-12-23/h5-14,22H,15-21H2,1-4H3/p+1/t26-/m1/s1. The molecule has 2 heteroatoms. The molecule has 0 radical (unpaired) electrons. The number of nitrogens with one attached hydrogen (secondary N) is 1. The molecular weight excluding hydrogens is 342 g/mol. The van der Waals surface area contributed by atoms with Crippen molar-refractivity contribution in [3.05, 3.63) is 71.8 Å². The average Bonchev–Trinajstić information content (AvgIpc) is 2.66. The Labute approximate surface area is 171 Å². The van der Waals surface area contributed by atoms with E-state index in [4.69, 9.17) is 4.74 Å². The summed E-state index contributed by atoms with van der Waals surface area (Å²) in [7, 11) is 0. The lowest BCUT2D eigenvalue weighted by Crippen LogP contribution is -3.13. The van der Waals surface area contributed by atoms with Crippen LogP contribution in [0.15, 0.2) is 60.7 Å². The third-order valence-corrected chi connectivity index (χ3v) is 6.41. The highest BCUT2D eigenvalue weighted by Crippen LogP contribution is 2.43. The minimum Gasteiger partial charge on any atom is -0.376 e. The van der Waals surface area contributed by atoms with E-state index in [2.05, 4.69) is 88.4 Å². The largest absolute Gasteiger partial charge is 0.376 e. The van der Waals surface area contributed by atoms with Crippen molar-refractivity contribution >= 4 is 0 Å². The minimum atomic E-state index is -0.0234. The Balaban J connectivity index is 1.74. The van der Waals surface area contributed by atoms with Crippen LogP contribution in [0.1, 0.15) is 58.1 Å². The van der Waals surface area contributed by atoms with Gasteiger partial charge < -0.3 is 9.64 Å². The Kier molecular flexibility index (Phi) is 6.95. The highest BCUT2D eigenvalue weighted by Gasteiger charge is 2.41. The topological polar surface area (TPSA) is 13.7 Å². The van der Waals surface area contributed by atoms with E-state index in [9.17, 15) is 0 Å². The number of ether oxygens (including phenoxy) is 1. The van der Waals surface area contributed by atoms with E-state index in [0.717, 1.165) is 26.0 Å². The van der Waals surface area contributed by atoms with Crippen LogP contribution in [0.2, 0.25) is 0 Å². The molecule has 1 unspecified atom stereocenters. The summed E-state index contributed by atoms with van der Waals surface area (Å²) in [6.45, 7) is 12.5. The highest BCUT2D eigenvalue weighted by molar-refractivity contribution is 5.17. The van der Waals surface area contributed by atoms with E-state index in [-0.39, 0.29) is 5.60 Å². The smallest absolute Gasteiger partial charge is 0.103 e. The van der Waals surface area contributed by atoms with Gasteiger partial charge in [-0.3, -0.25) is 0 Å². The minimum absolute atomic E-state index is 0.0234. The van der Waals surface area contributed by atoms with Crippen LogP contribution >= 0.6 is 0 Å². The molecule has 152 valence electrons.